The van der Waals surface area contributed by atoms with Gasteiger partial charge in [0.25, 0.3) is 0 Å². The fourth-order valence-corrected chi connectivity index (χ4v) is 5.84. The molecular weight excluding hydrogens is 436 g/mol. The molecule has 1 saturated heterocycles. The minimum atomic E-state index is -0.0864. The van der Waals surface area contributed by atoms with Crippen LogP contribution in [-0.2, 0) is 17.8 Å². The summed E-state index contributed by atoms with van der Waals surface area (Å²) in [5.74, 6) is 0.943. The molecule has 0 N–H and O–H groups in total. The van der Waals surface area contributed by atoms with E-state index in [1.807, 2.05) is 6.07 Å². The van der Waals surface area contributed by atoms with Crippen molar-refractivity contribution < 1.29 is 9.59 Å². The molecule has 6 nitrogen and oxygen atoms in total. The number of carbonyl (C=O) groups excluding carboxylic acids is 2. The van der Waals surface area contributed by atoms with E-state index in [2.05, 4.69) is 45.8 Å². The number of benzene rings is 1. The van der Waals surface area contributed by atoms with Crippen molar-refractivity contribution in [2.45, 2.75) is 64.3 Å². The molecule has 180 valence electrons. The summed E-state index contributed by atoms with van der Waals surface area (Å²) in [6, 6.07) is 11.5. The predicted molar refractivity (Wildman–Crippen MR) is 135 cm³/mol. The molecular formula is C29H32N4O2. The molecule has 2 aromatic heterocycles. The standard InChI is InChI=1S/C29H32N4O2/c1-2-32-19-25(22-10-13-33(14-11-22)29(35)23-5-3-4-6-23)24-15-20(7-8-27(24)32)17-28(34)26-16-21(18-30)9-12-31-26/h7-9,12,15-16,19,22-23H,2-6,10-11,13-14,17H2,1H3. The number of piperidine rings is 1. The largest absolute Gasteiger partial charge is 0.347 e. The van der Waals surface area contributed by atoms with Crippen molar-refractivity contribution in [3.05, 3.63) is 65.1 Å². The lowest BCUT2D eigenvalue weighted by molar-refractivity contribution is -0.136. The third kappa shape index (κ3) is 4.73. The van der Waals surface area contributed by atoms with Gasteiger partial charge in [-0.25, -0.2) is 0 Å². The Kier molecular flexibility index (Phi) is 6.68. The third-order valence-corrected chi connectivity index (χ3v) is 7.81. The van der Waals surface area contributed by atoms with E-state index in [0.29, 0.717) is 23.1 Å². The van der Waals surface area contributed by atoms with Gasteiger partial charge in [0.2, 0.25) is 5.91 Å². The van der Waals surface area contributed by atoms with E-state index in [1.165, 1.54) is 35.5 Å². The quantitative estimate of drug-likeness (QED) is 0.463. The Hall–Kier alpha value is -3.46. The second-order valence-corrected chi connectivity index (χ2v) is 9.94. The number of likely N-dealkylation sites (tertiary alicyclic amines) is 1. The average Bonchev–Trinajstić information content (AvgIpc) is 3.57. The van der Waals surface area contributed by atoms with Crippen LogP contribution in [0.5, 0.6) is 0 Å². The van der Waals surface area contributed by atoms with Crippen molar-refractivity contribution in [3.8, 4) is 6.07 Å². The number of hydrogen-bond acceptors (Lipinski definition) is 4. The van der Waals surface area contributed by atoms with Crippen LogP contribution >= 0.6 is 0 Å². The van der Waals surface area contributed by atoms with Crippen molar-refractivity contribution in [2.75, 3.05) is 13.1 Å². The van der Waals surface area contributed by atoms with E-state index in [-0.39, 0.29) is 18.1 Å². The highest BCUT2D eigenvalue weighted by molar-refractivity contribution is 5.97. The molecule has 0 radical (unpaired) electrons. The van der Waals surface area contributed by atoms with Gasteiger partial charge in [0.15, 0.2) is 5.78 Å². The lowest BCUT2D eigenvalue weighted by Crippen LogP contribution is -2.40. The molecule has 3 heterocycles. The zero-order valence-corrected chi connectivity index (χ0v) is 20.4. The number of pyridine rings is 1. The summed E-state index contributed by atoms with van der Waals surface area (Å²) in [5, 5.41) is 10.3. The lowest BCUT2D eigenvalue weighted by Gasteiger charge is -2.33. The van der Waals surface area contributed by atoms with Crippen LogP contribution in [0.2, 0.25) is 0 Å². The number of aryl methyl sites for hydroxylation is 1. The van der Waals surface area contributed by atoms with Crippen LogP contribution in [0.15, 0.2) is 42.7 Å². The Labute approximate surface area is 206 Å². The first-order valence-electron chi connectivity index (χ1n) is 12.9. The molecule has 1 aliphatic heterocycles. The summed E-state index contributed by atoms with van der Waals surface area (Å²) in [6.07, 6.45) is 10.5. The first-order chi connectivity index (χ1) is 17.1. The second-order valence-electron chi connectivity index (χ2n) is 9.94. The number of nitrogens with zero attached hydrogens (tertiary/aromatic N) is 4. The van der Waals surface area contributed by atoms with E-state index in [0.717, 1.165) is 50.9 Å². The third-order valence-electron chi connectivity index (χ3n) is 7.81. The maximum atomic E-state index is 12.9. The molecule has 0 atom stereocenters. The highest BCUT2D eigenvalue weighted by atomic mass is 16.2. The minimum Gasteiger partial charge on any atom is -0.347 e. The van der Waals surface area contributed by atoms with Crippen LogP contribution in [-0.4, -0.2) is 39.2 Å². The zero-order chi connectivity index (χ0) is 24.4. The van der Waals surface area contributed by atoms with Crippen LogP contribution in [0.4, 0.5) is 0 Å². The van der Waals surface area contributed by atoms with Crippen molar-refractivity contribution in [1.29, 1.82) is 5.26 Å². The van der Waals surface area contributed by atoms with Crippen LogP contribution in [0.3, 0.4) is 0 Å². The predicted octanol–water partition coefficient (Wildman–Crippen LogP) is 5.25. The van der Waals surface area contributed by atoms with Gasteiger partial charge in [0.05, 0.1) is 11.6 Å². The van der Waals surface area contributed by atoms with Gasteiger partial charge in [0, 0.05) is 55.3 Å². The fourth-order valence-electron chi connectivity index (χ4n) is 5.84. The molecule has 1 aromatic carbocycles. The molecule has 1 amide bonds. The number of ketones is 1. The summed E-state index contributed by atoms with van der Waals surface area (Å²) in [7, 11) is 0. The van der Waals surface area contributed by atoms with E-state index >= 15 is 0 Å². The number of Topliss-reactive ketones (excluding diaryl/α,β-unsaturated/α-hetero) is 1. The van der Waals surface area contributed by atoms with Gasteiger partial charge in [-0.3, -0.25) is 14.6 Å². The summed E-state index contributed by atoms with van der Waals surface area (Å²) in [5.41, 5.74) is 4.24. The van der Waals surface area contributed by atoms with Crippen molar-refractivity contribution in [1.82, 2.24) is 14.5 Å². The number of amides is 1. The van der Waals surface area contributed by atoms with Gasteiger partial charge >= 0.3 is 0 Å². The lowest BCUT2D eigenvalue weighted by atomic mass is 9.88. The smallest absolute Gasteiger partial charge is 0.225 e. The monoisotopic (exact) mass is 468 g/mol. The Morgan fingerprint density at radius 2 is 1.86 bits per heavy atom. The Balaban J connectivity index is 1.35. The molecule has 2 aliphatic rings. The normalized spacial score (nSPS) is 17.1. The number of nitriles is 1. The minimum absolute atomic E-state index is 0.0864. The molecule has 0 unspecified atom stereocenters. The van der Waals surface area contributed by atoms with Gasteiger partial charge < -0.3 is 9.47 Å². The molecule has 1 aliphatic carbocycles. The van der Waals surface area contributed by atoms with E-state index < -0.39 is 0 Å². The molecule has 2 fully saturated rings. The van der Waals surface area contributed by atoms with Crippen LogP contribution in [0.25, 0.3) is 10.9 Å². The number of rotatable bonds is 6. The molecule has 0 bridgehead atoms. The second kappa shape index (κ2) is 10.0. The summed E-state index contributed by atoms with van der Waals surface area (Å²) in [4.78, 5) is 32.0. The zero-order valence-electron chi connectivity index (χ0n) is 20.4. The fraction of sp³-hybridized carbons (Fsp3) is 0.448. The van der Waals surface area contributed by atoms with Gasteiger partial charge in [-0.1, -0.05) is 18.9 Å². The number of aromatic nitrogens is 2. The van der Waals surface area contributed by atoms with Gasteiger partial charge in [-0.05, 0) is 73.9 Å². The molecule has 6 heteroatoms. The summed E-state index contributed by atoms with van der Waals surface area (Å²) in [6.45, 7) is 4.70. The van der Waals surface area contributed by atoms with Crippen molar-refractivity contribution in [2.24, 2.45) is 5.92 Å². The van der Waals surface area contributed by atoms with Crippen LogP contribution in [0.1, 0.15) is 78.5 Å². The molecule has 0 spiro atoms. The summed E-state index contributed by atoms with van der Waals surface area (Å²) < 4.78 is 2.28. The molecule has 3 aromatic rings. The first-order valence-corrected chi connectivity index (χ1v) is 12.9. The van der Waals surface area contributed by atoms with Gasteiger partial charge in [-0.15, -0.1) is 0 Å². The van der Waals surface area contributed by atoms with E-state index in [1.54, 1.807) is 12.1 Å². The highest BCUT2D eigenvalue weighted by Crippen LogP contribution is 2.36. The SMILES string of the molecule is CCn1cc(C2CCN(C(=O)C3CCCC3)CC2)c2cc(CC(=O)c3cc(C#N)ccn3)ccc21. The molecule has 1 saturated carbocycles. The Morgan fingerprint density at radius 3 is 2.57 bits per heavy atom. The number of hydrogen-bond donors (Lipinski definition) is 0. The van der Waals surface area contributed by atoms with Crippen LogP contribution in [0, 0.1) is 17.2 Å². The topological polar surface area (TPSA) is 79.0 Å². The van der Waals surface area contributed by atoms with E-state index in [9.17, 15) is 9.59 Å². The van der Waals surface area contributed by atoms with Crippen molar-refractivity contribution >= 4 is 22.6 Å². The Morgan fingerprint density at radius 1 is 1.09 bits per heavy atom. The van der Waals surface area contributed by atoms with Crippen LogP contribution < -0.4 is 0 Å². The number of fused-ring (bicyclic) bond motifs is 1. The molecule has 35 heavy (non-hydrogen) atoms. The summed E-state index contributed by atoms with van der Waals surface area (Å²) >= 11 is 0. The maximum Gasteiger partial charge on any atom is 0.225 e. The maximum absolute atomic E-state index is 12.9. The van der Waals surface area contributed by atoms with E-state index in [4.69, 9.17) is 5.26 Å². The number of carbonyl (C=O) groups is 2. The first kappa shape index (κ1) is 23.3. The Bertz CT molecular complexity index is 1290. The molecule has 5 rings (SSSR count). The van der Waals surface area contributed by atoms with Gasteiger partial charge in [0.1, 0.15) is 5.69 Å². The van der Waals surface area contributed by atoms with Gasteiger partial charge in [-0.2, -0.15) is 5.26 Å². The van der Waals surface area contributed by atoms with Crippen molar-refractivity contribution in [3.63, 3.8) is 0 Å². The average molecular weight is 469 g/mol. The highest BCUT2D eigenvalue weighted by Gasteiger charge is 2.31.